The first-order chi connectivity index (χ1) is 16.6. The molecule has 0 spiro atoms. The lowest BCUT2D eigenvalue weighted by atomic mass is 9.94. The molecule has 2 aromatic rings. The van der Waals surface area contributed by atoms with E-state index in [4.69, 9.17) is 9.47 Å². The van der Waals surface area contributed by atoms with E-state index in [0.717, 1.165) is 30.4 Å². The molecule has 1 saturated heterocycles. The normalized spacial score (nSPS) is 17.5. The Bertz CT molecular complexity index is 1100. The molecule has 0 saturated carbocycles. The van der Waals surface area contributed by atoms with Crippen LogP contribution in [0.4, 0.5) is 0 Å². The summed E-state index contributed by atoms with van der Waals surface area (Å²) in [4.78, 5) is 27.9. The van der Waals surface area contributed by atoms with E-state index in [1.165, 1.54) is 0 Å². The van der Waals surface area contributed by atoms with Crippen LogP contribution in [0.1, 0.15) is 76.6 Å². The lowest BCUT2D eigenvalue weighted by Gasteiger charge is -2.26. The number of Topliss-reactive ketones (excluding diaryl/α,β-unsaturated/α-hetero) is 1. The maximum Gasteiger partial charge on any atom is 0.295 e. The van der Waals surface area contributed by atoms with E-state index < -0.39 is 17.7 Å². The van der Waals surface area contributed by atoms with Crippen LogP contribution in [-0.2, 0) is 9.59 Å². The highest BCUT2D eigenvalue weighted by atomic mass is 16.5. The van der Waals surface area contributed by atoms with Crippen LogP contribution in [0.15, 0.2) is 48.0 Å². The molecule has 1 amide bonds. The van der Waals surface area contributed by atoms with E-state index in [1.807, 2.05) is 58.9 Å². The van der Waals surface area contributed by atoms with Crippen LogP contribution in [0.25, 0.3) is 5.76 Å². The summed E-state index contributed by atoms with van der Waals surface area (Å²) in [6.45, 7) is 12.2. The second kappa shape index (κ2) is 11.4. The molecule has 1 fully saturated rings. The molecule has 1 aliphatic rings. The SMILES string of the molecule is CCCCCN1C(=O)C(=O)/C(=C(/O)c2ccc(OC(C)C)c(C)c2)C1c1cccc(OC(C)C)c1. The van der Waals surface area contributed by atoms with Crippen molar-refractivity contribution in [2.75, 3.05) is 6.54 Å². The van der Waals surface area contributed by atoms with Gasteiger partial charge in [0.25, 0.3) is 11.7 Å². The van der Waals surface area contributed by atoms with Crippen molar-refractivity contribution in [2.45, 2.75) is 79.1 Å². The number of nitrogens with zero attached hydrogens (tertiary/aromatic N) is 1. The van der Waals surface area contributed by atoms with Gasteiger partial charge in [-0.15, -0.1) is 0 Å². The average molecular weight is 480 g/mol. The predicted molar refractivity (Wildman–Crippen MR) is 138 cm³/mol. The van der Waals surface area contributed by atoms with Crippen molar-refractivity contribution in [2.24, 2.45) is 0 Å². The minimum absolute atomic E-state index is 0.0157. The van der Waals surface area contributed by atoms with Gasteiger partial charge < -0.3 is 19.5 Å². The van der Waals surface area contributed by atoms with Gasteiger partial charge in [-0.05, 0) is 82.5 Å². The summed E-state index contributed by atoms with van der Waals surface area (Å²) >= 11 is 0. The highest BCUT2D eigenvalue weighted by Crippen LogP contribution is 2.41. The van der Waals surface area contributed by atoms with Crippen molar-refractivity contribution in [1.82, 2.24) is 4.90 Å². The monoisotopic (exact) mass is 479 g/mol. The van der Waals surface area contributed by atoms with Crippen LogP contribution < -0.4 is 9.47 Å². The van der Waals surface area contributed by atoms with E-state index in [2.05, 4.69) is 6.92 Å². The molecule has 188 valence electrons. The van der Waals surface area contributed by atoms with Crippen LogP contribution in [0.5, 0.6) is 11.5 Å². The van der Waals surface area contributed by atoms with Crippen molar-refractivity contribution < 1.29 is 24.2 Å². The third-order valence-corrected chi connectivity index (χ3v) is 5.90. The number of carbonyl (C=O) groups is 2. The van der Waals surface area contributed by atoms with Gasteiger partial charge in [-0.2, -0.15) is 0 Å². The number of ether oxygens (including phenoxy) is 2. The number of benzene rings is 2. The first-order valence-corrected chi connectivity index (χ1v) is 12.5. The number of ketones is 1. The molecule has 2 aromatic carbocycles. The molecule has 1 heterocycles. The minimum Gasteiger partial charge on any atom is -0.507 e. The molecular formula is C29H37NO5. The maximum absolute atomic E-state index is 13.2. The Hall–Kier alpha value is -3.28. The van der Waals surface area contributed by atoms with Gasteiger partial charge in [0.2, 0.25) is 0 Å². The Kier molecular flexibility index (Phi) is 8.60. The fourth-order valence-corrected chi connectivity index (χ4v) is 4.36. The van der Waals surface area contributed by atoms with Crippen LogP contribution in [0.3, 0.4) is 0 Å². The zero-order valence-corrected chi connectivity index (χ0v) is 21.6. The van der Waals surface area contributed by atoms with Gasteiger partial charge in [0, 0.05) is 12.1 Å². The van der Waals surface area contributed by atoms with Gasteiger partial charge in [0.05, 0.1) is 23.8 Å². The van der Waals surface area contributed by atoms with Gasteiger partial charge in [0.15, 0.2) is 0 Å². The van der Waals surface area contributed by atoms with Crippen LogP contribution >= 0.6 is 0 Å². The number of aliphatic hydroxyl groups excluding tert-OH is 1. The Balaban J connectivity index is 2.11. The highest BCUT2D eigenvalue weighted by molar-refractivity contribution is 6.46. The smallest absolute Gasteiger partial charge is 0.295 e. The molecule has 1 aliphatic heterocycles. The fraction of sp³-hybridized carbons (Fsp3) is 0.448. The molecule has 1 atom stereocenters. The summed E-state index contributed by atoms with van der Waals surface area (Å²) in [5.74, 6) is -0.0614. The van der Waals surface area contributed by atoms with E-state index >= 15 is 0 Å². The van der Waals surface area contributed by atoms with E-state index in [-0.39, 0.29) is 23.5 Å². The number of likely N-dealkylation sites (tertiary alicyclic amines) is 1. The molecule has 0 aliphatic carbocycles. The third kappa shape index (κ3) is 6.05. The lowest BCUT2D eigenvalue weighted by Crippen LogP contribution is -2.30. The zero-order valence-electron chi connectivity index (χ0n) is 21.6. The standard InChI is InChI=1S/C29H37NO5/c1-7-8-9-15-30-26(21-11-10-12-23(17-21)34-18(2)3)25(28(32)29(30)33)27(31)22-13-14-24(20(6)16-22)35-19(4)5/h10-14,16-19,26,31H,7-9,15H2,1-6H3/b27-25+. The summed E-state index contributed by atoms with van der Waals surface area (Å²) in [7, 11) is 0. The van der Waals surface area contributed by atoms with Crippen molar-refractivity contribution in [1.29, 1.82) is 0 Å². The predicted octanol–water partition coefficient (Wildman–Crippen LogP) is 6.18. The maximum atomic E-state index is 13.2. The first-order valence-electron chi connectivity index (χ1n) is 12.5. The number of amides is 1. The van der Waals surface area contributed by atoms with Crippen molar-refractivity contribution in [3.8, 4) is 11.5 Å². The van der Waals surface area contributed by atoms with Gasteiger partial charge in [-0.25, -0.2) is 0 Å². The van der Waals surface area contributed by atoms with E-state index in [0.29, 0.717) is 23.6 Å². The minimum atomic E-state index is -0.686. The number of hydrogen-bond acceptors (Lipinski definition) is 5. The molecule has 0 radical (unpaired) electrons. The van der Waals surface area contributed by atoms with Crippen molar-refractivity contribution >= 4 is 17.4 Å². The number of hydrogen-bond donors (Lipinski definition) is 1. The van der Waals surface area contributed by atoms with E-state index in [9.17, 15) is 14.7 Å². The topological polar surface area (TPSA) is 76.1 Å². The molecule has 35 heavy (non-hydrogen) atoms. The number of aliphatic hydroxyl groups is 1. The molecule has 1 N–H and O–H groups in total. The van der Waals surface area contributed by atoms with E-state index in [1.54, 1.807) is 23.1 Å². The summed E-state index contributed by atoms with van der Waals surface area (Å²) < 4.78 is 11.7. The van der Waals surface area contributed by atoms with Gasteiger partial charge >= 0.3 is 0 Å². The molecule has 1 unspecified atom stereocenters. The van der Waals surface area contributed by atoms with Crippen LogP contribution in [-0.4, -0.2) is 40.4 Å². The molecule has 6 heteroatoms. The summed E-state index contributed by atoms with van der Waals surface area (Å²) in [5, 5.41) is 11.3. The van der Waals surface area contributed by atoms with Crippen LogP contribution in [0.2, 0.25) is 0 Å². The fourth-order valence-electron chi connectivity index (χ4n) is 4.36. The highest BCUT2D eigenvalue weighted by Gasteiger charge is 2.45. The number of rotatable bonds is 10. The Morgan fingerprint density at radius 2 is 1.71 bits per heavy atom. The Morgan fingerprint density at radius 3 is 2.34 bits per heavy atom. The molecule has 6 nitrogen and oxygen atoms in total. The van der Waals surface area contributed by atoms with Crippen LogP contribution in [0, 0.1) is 6.92 Å². The molecule has 0 aromatic heterocycles. The first kappa shape index (κ1) is 26.3. The van der Waals surface area contributed by atoms with Crippen molar-refractivity contribution in [3.63, 3.8) is 0 Å². The summed E-state index contributed by atoms with van der Waals surface area (Å²) in [5.41, 5.74) is 2.15. The lowest BCUT2D eigenvalue weighted by molar-refractivity contribution is -0.139. The van der Waals surface area contributed by atoms with Gasteiger partial charge in [-0.3, -0.25) is 9.59 Å². The Labute approximate surface area is 208 Å². The average Bonchev–Trinajstić information content (AvgIpc) is 3.04. The zero-order chi connectivity index (χ0) is 25.7. The number of aryl methyl sites for hydroxylation is 1. The van der Waals surface area contributed by atoms with Gasteiger partial charge in [-0.1, -0.05) is 31.9 Å². The number of carbonyl (C=O) groups excluding carboxylic acids is 2. The largest absolute Gasteiger partial charge is 0.507 e. The third-order valence-electron chi connectivity index (χ3n) is 5.90. The van der Waals surface area contributed by atoms with Crippen molar-refractivity contribution in [3.05, 3.63) is 64.7 Å². The second-order valence-corrected chi connectivity index (χ2v) is 9.59. The molecular weight excluding hydrogens is 442 g/mol. The Morgan fingerprint density at radius 1 is 1.00 bits per heavy atom. The molecule has 0 bridgehead atoms. The number of unbranched alkanes of at least 4 members (excludes halogenated alkanes) is 2. The summed E-state index contributed by atoms with van der Waals surface area (Å²) in [6.07, 6.45) is 2.72. The quantitative estimate of drug-likeness (QED) is 0.191. The second-order valence-electron chi connectivity index (χ2n) is 9.59. The summed E-state index contributed by atoms with van der Waals surface area (Å²) in [6, 6.07) is 12.0. The van der Waals surface area contributed by atoms with Gasteiger partial charge in [0.1, 0.15) is 17.3 Å². The molecule has 3 rings (SSSR count).